The average Bonchev–Trinajstić information content (AvgIpc) is 2.14. The fourth-order valence-corrected chi connectivity index (χ4v) is 0.481. The van der Waals surface area contributed by atoms with Gasteiger partial charge in [0.2, 0.25) is 0 Å². The highest BCUT2D eigenvalue weighted by molar-refractivity contribution is 5.61. The Hall–Kier alpha value is -0.770. The fourth-order valence-electron chi connectivity index (χ4n) is 0.481. The Balaban J connectivity index is 2.32. The zero-order valence-electron chi connectivity index (χ0n) is 4.29. The van der Waals surface area contributed by atoms with Crippen molar-refractivity contribution in [2.24, 2.45) is 5.73 Å². The van der Waals surface area contributed by atoms with E-state index < -0.39 is 6.16 Å². The topological polar surface area (TPSA) is 61.5 Å². The molecule has 1 atom stereocenters. The van der Waals surface area contributed by atoms with Crippen LogP contribution in [0, 0.1) is 0 Å². The largest absolute Gasteiger partial charge is 0.508 e. The summed E-state index contributed by atoms with van der Waals surface area (Å²) < 4.78 is 8.94. The Morgan fingerprint density at radius 2 is 2.62 bits per heavy atom. The Bertz CT molecular complexity index is 103. The van der Waals surface area contributed by atoms with Crippen LogP contribution in [-0.4, -0.2) is 25.4 Å². The molecule has 0 aliphatic carbocycles. The third kappa shape index (κ3) is 0.894. The normalized spacial score (nSPS) is 27.1. The first-order valence-electron chi connectivity index (χ1n) is 2.36. The van der Waals surface area contributed by atoms with Crippen LogP contribution < -0.4 is 5.73 Å². The molecule has 0 aromatic heterocycles. The third-order valence-corrected chi connectivity index (χ3v) is 0.913. The van der Waals surface area contributed by atoms with Crippen LogP contribution in [0.2, 0.25) is 0 Å². The molecule has 46 valence electrons. The van der Waals surface area contributed by atoms with E-state index in [9.17, 15) is 4.79 Å². The number of nitrogens with two attached hydrogens (primary N) is 1. The highest BCUT2D eigenvalue weighted by atomic mass is 16.8. The zero-order valence-corrected chi connectivity index (χ0v) is 4.29. The van der Waals surface area contributed by atoms with Gasteiger partial charge in [-0.15, -0.1) is 0 Å². The monoisotopic (exact) mass is 117 g/mol. The summed E-state index contributed by atoms with van der Waals surface area (Å²) in [4.78, 5) is 10.1. The minimum Gasteiger partial charge on any atom is -0.430 e. The van der Waals surface area contributed by atoms with E-state index in [4.69, 9.17) is 5.73 Å². The molecule has 4 nitrogen and oxygen atoms in total. The molecule has 1 fully saturated rings. The molecule has 0 saturated carbocycles. The summed E-state index contributed by atoms with van der Waals surface area (Å²) in [5.74, 6) is 0. The Labute approximate surface area is 46.6 Å². The third-order valence-electron chi connectivity index (χ3n) is 0.913. The standard InChI is InChI=1S/C4H7NO3/c5-1-3-2-7-4(6)8-3/h3H,1-2,5H2/t3-/m1/s1. The first kappa shape index (κ1) is 5.37. The van der Waals surface area contributed by atoms with E-state index >= 15 is 0 Å². The molecule has 4 heteroatoms. The second-order valence-electron chi connectivity index (χ2n) is 1.54. The van der Waals surface area contributed by atoms with Gasteiger partial charge in [0.25, 0.3) is 0 Å². The summed E-state index contributed by atoms with van der Waals surface area (Å²) in [6.45, 7) is 0.640. The molecular formula is C4H7NO3. The Morgan fingerprint density at radius 3 is 2.88 bits per heavy atom. The van der Waals surface area contributed by atoms with E-state index in [1.54, 1.807) is 0 Å². The van der Waals surface area contributed by atoms with Crippen molar-refractivity contribution in [3.05, 3.63) is 0 Å². The predicted octanol–water partition coefficient (Wildman–Crippen LogP) is -0.520. The van der Waals surface area contributed by atoms with Crippen LogP contribution in [0.3, 0.4) is 0 Å². The fraction of sp³-hybridized carbons (Fsp3) is 0.750. The van der Waals surface area contributed by atoms with Crippen LogP contribution in [0.4, 0.5) is 4.79 Å². The lowest BCUT2D eigenvalue weighted by Gasteiger charge is -1.97. The van der Waals surface area contributed by atoms with Crippen molar-refractivity contribution < 1.29 is 14.3 Å². The molecule has 0 amide bonds. The van der Waals surface area contributed by atoms with Gasteiger partial charge in [-0.1, -0.05) is 0 Å². The number of ether oxygens (including phenoxy) is 2. The maximum Gasteiger partial charge on any atom is 0.508 e. The number of rotatable bonds is 1. The van der Waals surface area contributed by atoms with Crippen LogP contribution in [0.1, 0.15) is 0 Å². The maximum atomic E-state index is 10.1. The molecule has 1 heterocycles. The zero-order chi connectivity index (χ0) is 5.98. The number of hydrogen-bond acceptors (Lipinski definition) is 4. The van der Waals surface area contributed by atoms with Gasteiger partial charge in [0, 0.05) is 6.54 Å². The van der Waals surface area contributed by atoms with Gasteiger partial charge in [-0.3, -0.25) is 0 Å². The lowest BCUT2D eigenvalue weighted by Crippen LogP contribution is -2.21. The smallest absolute Gasteiger partial charge is 0.430 e. The summed E-state index contributed by atoms with van der Waals surface area (Å²) in [6.07, 6.45) is -0.831. The van der Waals surface area contributed by atoms with Crippen molar-refractivity contribution in [2.75, 3.05) is 13.2 Å². The molecule has 0 aromatic rings. The molecule has 0 spiro atoms. The molecule has 1 aliphatic heterocycles. The second kappa shape index (κ2) is 2.00. The maximum absolute atomic E-state index is 10.1. The van der Waals surface area contributed by atoms with E-state index in [2.05, 4.69) is 9.47 Å². The minimum atomic E-state index is -0.611. The first-order valence-corrected chi connectivity index (χ1v) is 2.36. The molecule has 1 rings (SSSR count). The van der Waals surface area contributed by atoms with Gasteiger partial charge in [0.15, 0.2) is 6.10 Å². The van der Waals surface area contributed by atoms with Crippen molar-refractivity contribution in [1.82, 2.24) is 0 Å². The summed E-state index contributed by atoms with van der Waals surface area (Å²) in [5, 5.41) is 0. The lowest BCUT2D eigenvalue weighted by atomic mass is 10.4. The predicted molar refractivity (Wildman–Crippen MR) is 25.3 cm³/mol. The average molecular weight is 117 g/mol. The number of carbonyl (C=O) groups excluding carboxylic acids is 1. The first-order chi connectivity index (χ1) is 3.83. The van der Waals surface area contributed by atoms with Gasteiger partial charge in [0.05, 0.1) is 0 Å². The highest BCUT2D eigenvalue weighted by Crippen LogP contribution is 2.02. The molecule has 0 radical (unpaired) electrons. The minimum absolute atomic E-state index is 0.220. The van der Waals surface area contributed by atoms with E-state index in [1.807, 2.05) is 0 Å². The SMILES string of the molecule is NC[C@@H]1COC(=O)O1. The Morgan fingerprint density at radius 1 is 1.88 bits per heavy atom. The summed E-state index contributed by atoms with van der Waals surface area (Å²) in [5.41, 5.74) is 5.14. The Kier molecular flexibility index (Phi) is 1.34. The molecule has 1 aliphatic rings. The van der Waals surface area contributed by atoms with E-state index in [0.29, 0.717) is 13.2 Å². The van der Waals surface area contributed by atoms with Crippen LogP contribution in [0.25, 0.3) is 0 Å². The van der Waals surface area contributed by atoms with Crippen LogP contribution in [-0.2, 0) is 9.47 Å². The summed E-state index contributed by atoms with van der Waals surface area (Å²) >= 11 is 0. The van der Waals surface area contributed by atoms with Crippen molar-refractivity contribution in [3.8, 4) is 0 Å². The van der Waals surface area contributed by atoms with Gasteiger partial charge in [-0.05, 0) is 0 Å². The van der Waals surface area contributed by atoms with E-state index in [-0.39, 0.29) is 6.10 Å². The number of carbonyl (C=O) groups is 1. The van der Waals surface area contributed by atoms with Crippen molar-refractivity contribution >= 4 is 6.16 Å². The van der Waals surface area contributed by atoms with Crippen molar-refractivity contribution in [2.45, 2.75) is 6.10 Å². The molecule has 0 aromatic carbocycles. The van der Waals surface area contributed by atoms with Gasteiger partial charge in [-0.25, -0.2) is 4.79 Å². The summed E-state index contributed by atoms with van der Waals surface area (Å²) in [6, 6.07) is 0. The molecule has 1 saturated heterocycles. The van der Waals surface area contributed by atoms with Crippen molar-refractivity contribution in [3.63, 3.8) is 0 Å². The molecule has 0 bridgehead atoms. The van der Waals surface area contributed by atoms with Gasteiger partial charge < -0.3 is 15.2 Å². The molecule has 0 unspecified atom stereocenters. The number of hydrogen-bond donors (Lipinski definition) is 1. The second-order valence-corrected chi connectivity index (χ2v) is 1.54. The van der Waals surface area contributed by atoms with E-state index in [0.717, 1.165) is 0 Å². The summed E-state index contributed by atoms with van der Waals surface area (Å²) in [7, 11) is 0. The van der Waals surface area contributed by atoms with Gasteiger partial charge in [-0.2, -0.15) is 0 Å². The van der Waals surface area contributed by atoms with Crippen LogP contribution in [0.15, 0.2) is 0 Å². The van der Waals surface area contributed by atoms with Crippen molar-refractivity contribution in [1.29, 1.82) is 0 Å². The van der Waals surface area contributed by atoms with Gasteiger partial charge >= 0.3 is 6.16 Å². The van der Waals surface area contributed by atoms with E-state index in [1.165, 1.54) is 0 Å². The van der Waals surface area contributed by atoms with Crippen LogP contribution >= 0.6 is 0 Å². The van der Waals surface area contributed by atoms with Crippen LogP contribution in [0.5, 0.6) is 0 Å². The molecule has 2 N–H and O–H groups in total. The number of cyclic esters (lactones) is 2. The molecule has 8 heavy (non-hydrogen) atoms. The van der Waals surface area contributed by atoms with Gasteiger partial charge in [0.1, 0.15) is 6.61 Å². The quantitative estimate of drug-likeness (QED) is 0.469. The molecular weight excluding hydrogens is 110 g/mol. The highest BCUT2D eigenvalue weighted by Gasteiger charge is 2.22. The lowest BCUT2D eigenvalue weighted by molar-refractivity contribution is 0.119.